The van der Waals surface area contributed by atoms with Crippen LogP contribution in [0.1, 0.15) is 30.1 Å². The smallest absolute Gasteiger partial charge is 0.253 e. The summed E-state index contributed by atoms with van der Waals surface area (Å²) in [5, 5.41) is 0. The predicted octanol–water partition coefficient (Wildman–Crippen LogP) is 1.94. The summed E-state index contributed by atoms with van der Waals surface area (Å²) in [5.74, 6) is -1.48. The lowest BCUT2D eigenvalue weighted by Gasteiger charge is -2.38. The molecule has 2 rings (SSSR count). The highest BCUT2D eigenvalue weighted by Gasteiger charge is 2.30. The van der Waals surface area contributed by atoms with Gasteiger partial charge in [0.25, 0.3) is 5.91 Å². The molecule has 1 aliphatic rings. The largest absolute Gasteiger partial charge is 0.371 e. The molecule has 0 unspecified atom stereocenters. The van der Waals surface area contributed by atoms with E-state index in [-0.39, 0.29) is 11.6 Å². The fourth-order valence-corrected chi connectivity index (χ4v) is 4.85. The third-order valence-electron chi connectivity index (χ3n) is 4.23. The minimum absolute atomic E-state index is 0.0877. The van der Waals surface area contributed by atoms with Crippen molar-refractivity contribution in [2.45, 2.75) is 25.8 Å². The van der Waals surface area contributed by atoms with Crippen LogP contribution in [-0.2, 0) is 10.0 Å². The first kappa shape index (κ1) is 19.1. The molecule has 9 heteroatoms. The van der Waals surface area contributed by atoms with Gasteiger partial charge in [-0.05, 0) is 25.0 Å². The molecule has 0 aliphatic carbocycles. The Kier molecular flexibility index (Phi) is 5.87. The lowest BCUT2D eigenvalue weighted by molar-refractivity contribution is 0.0997. The van der Waals surface area contributed by atoms with Gasteiger partial charge in [-0.1, -0.05) is 22.9 Å². The van der Waals surface area contributed by atoms with E-state index in [0.717, 1.165) is 0 Å². The first-order chi connectivity index (χ1) is 11.1. The molecule has 6 nitrogen and oxygen atoms in total. The second-order valence-corrected chi connectivity index (χ2v) is 8.68. The Labute approximate surface area is 150 Å². The number of hydrogen-bond donors (Lipinski definition) is 1. The number of nitrogens with zero attached hydrogens (tertiary/aromatic N) is 2. The van der Waals surface area contributed by atoms with Gasteiger partial charge < -0.3 is 10.6 Å². The van der Waals surface area contributed by atoms with Gasteiger partial charge in [0, 0.05) is 30.1 Å². The van der Waals surface area contributed by atoms with Crippen molar-refractivity contribution in [1.29, 1.82) is 0 Å². The van der Waals surface area contributed by atoms with Crippen molar-refractivity contribution in [3.8, 4) is 0 Å². The molecular weight excluding hydrogens is 401 g/mol. The van der Waals surface area contributed by atoms with Crippen LogP contribution in [0.25, 0.3) is 0 Å². The molecule has 0 spiro atoms. The van der Waals surface area contributed by atoms with Gasteiger partial charge in [0.1, 0.15) is 5.82 Å². The van der Waals surface area contributed by atoms with E-state index in [2.05, 4.69) is 15.9 Å². The van der Waals surface area contributed by atoms with Crippen LogP contribution in [0.5, 0.6) is 0 Å². The Morgan fingerprint density at radius 2 is 2.00 bits per heavy atom. The molecule has 1 saturated heterocycles. The normalized spacial score (nSPS) is 16.6. The van der Waals surface area contributed by atoms with Gasteiger partial charge in [0.05, 0.1) is 17.5 Å². The van der Waals surface area contributed by atoms with Crippen molar-refractivity contribution >= 4 is 37.5 Å². The molecule has 0 bridgehead atoms. The summed E-state index contributed by atoms with van der Waals surface area (Å²) in [6, 6.07) is 2.78. The summed E-state index contributed by atoms with van der Waals surface area (Å²) in [7, 11) is -3.26. The fraction of sp³-hybridized carbons (Fsp3) is 0.533. The molecule has 1 amide bonds. The lowest BCUT2D eigenvalue weighted by atomic mass is 10.0. The van der Waals surface area contributed by atoms with Crippen LogP contribution in [0.2, 0.25) is 0 Å². The van der Waals surface area contributed by atoms with Crippen LogP contribution in [0.3, 0.4) is 0 Å². The third kappa shape index (κ3) is 4.07. The number of carbonyl (C=O) groups is 1. The Balaban J connectivity index is 2.23. The summed E-state index contributed by atoms with van der Waals surface area (Å²) in [6.07, 6.45) is 2.41. The highest BCUT2D eigenvalue weighted by molar-refractivity contribution is 9.10. The molecule has 1 fully saturated rings. The number of piperidine rings is 1. The van der Waals surface area contributed by atoms with E-state index >= 15 is 0 Å². The Morgan fingerprint density at radius 3 is 2.46 bits per heavy atom. The van der Waals surface area contributed by atoms with E-state index in [0.29, 0.717) is 42.6 Å². The zero-order valence-electron chi connectivity index (χ0n) is 13.6. The number of anilines is 1. The first-order valence-corrected chi connectivity index (χ1v) is 10.3. The molecule has 134 valence electrons. The Morgan fingerprint density at radius 1 is 1.42 bits per heavy atom. The number of carbonyl (C=O) groups excluding carboxylic acids is 1. The maximum atomic E-state index is 14.1. The van der Waals surface area contributed by atoms with Gasteiger partial charge >= 0.3 is 0 Å². The zero-order chi connectivity index (χ0) is 18.1. The van der Waals surface area contributed by atoms with Crippen molar-refractivity contribution < 1.29 is 17.6 Å². The summed E-state index contributed by atoms with van der Waals surface area (Å²) >= 11 is 3.23. The van der Waals surface area contributed by atoms with E-state index < -0.39 is 21.7 Å². The van der Waals surface area contributed by atoms with E-state index in [4.69, 9.17) is 5.73 Å². The maximum Gasteiger partial charge on any atom is 0.253 e. The van der Waals surface area contributed by atoms with E-state index in [1.165, 1.54) is 16.6 Å². The van der Waals surface area contributed by atoms with Crippen LogP contribution in [-0.4, -0.2) is 50.6 Å². The molecule has 1 heterocycles. The zero-order valence-corrected chi connectivity index (χ0v) is 16.0. The maximum absolute atomic E-state index is 14.1. The average Bonchev–Trinajstić information content (AvgIpc) is 2.45. The molecule has 1 aliphatic heterocycles. The molecule has 1 aromatic carbocycles. The lowest BCUT2D eigenvalue weighted by Crippen LogP contribution is -2.47. The highest BCUT2D eigenvalue weighted by atomic mass is 79.9. The number of rotatable bonds is 5. The van der Waals surface area contributed by atoms with Crippen LogP contribution < -0.4 is 10.6 Å². The van der Waals surface area contributed by atoms with Gasteiger partial charge in [-0.15, -0.1) is 0 Å². The van der Waals surface area contributed by atoms with Crippen molar-refractivity contribution in [2.24, 2.45) is 5.73 Å². The number of nitrogens with two attached hydrogens (primary N) is 1. The van der Waals surface area contributed by atoms with Crippen LogP contribution in [0.15, 0.2) is 16.6 Å². The van der Waals surface area contributed by atoms with Crippen molar-refractivity contribution in [3.63, 3.8) is 0 Å². The van der Waals surface area contributed by atoms with Gasteiger partial charge in [-0.3, -0.25) is 4.79 Å². The van der Waals surface area contributed by atoms with Gasteiger partial charge in [-0.25, -0.2) is 12.8 Å². The fourth-order valence-electron chi connectivity index (χ4n) is 3.21. The Bertz CT molecular complexity index is 734. The van der Waals surface area contributed by atoms with E-state index in [9.17, 15) is 17.6 Å². The van der Waals surface area contributed by atoms with Gasteiger partial charge in [0.2, 0.25) is 10.0 Å². The van der Waals surface area contributed by atoms with Crippen LogP contribution >= 0.6 is 15.9 Å². The monoisotopic (exact) mass is 421 g/mol. The number of benzene rings is 1. The second kappa shape index (κ2) is 7.37. The molecule has 0 radical (unpaired) electrons. The molecule has 24 heavy (non-hydrogen) atoms. The van der Waals surface area contributed by atoms with E-state index in [1.54, 1.807) is 6.07 Å². The molecule has 0 saturated carbocycles. The van der Waals surface area contributed by atoms with Gasteiger partial charge in [0.15, 0.2) is 0 Å². The summed E-state index contributed by atoms with van der Waals surface area (Å²) < 4.78 is 39.8. The molecule has 2 N–H and O–H groups in total. The van der Waals surface area contributed by atoms with Crippen LogP contribution in [0, 0.1) is 5.82 Å². The minimum atomic E-state index is -3.26. The highest BCUT2D eigenvalue weighted by Crippen LogP contribution is 2.31. The number of amides is 1. The van der Waals surface area contributed by atoms with E-state index in [1.807, 2.05) is 11.8 Å². The molecule has 0 atom stereocenters. The summed E-state index contributed by atoms with van der Waals surface area (Å²) in [4.78, 5) is 13.5. The third-order valence-corrected chi connectivity index (χ3v) is 6.10. The quantitative estimate of drug-likeness (QED) is 0.786. The summed E-state index contributed by atoms with van der Waals surface area (Å²) in [5.41, 5.74) is 5.63. The standard InChI is InChI=1S/C15H21BrFN3O3S/c1-3-20(24(2,22)23)11-4-6-19(7-5-11)13-9-10(16)8-12(17)14(13)15(18)21/h8-9,11H,3-7H2,1-2H3,(H2,18,21). The van der Waals surface area contributed by atoms with Crippen molar-refractivity contribution in [2.75, 3.05) is 30.8 Å². The topological polar surface area (TPSA) is 83.7 Å². The number of primary amides is 1. The molecule has 0 aromatic heterocycles. The van der Waals surface area contributed by atoms with Gasteiger partial charge in [-0.2, -0.15) is 4.31 Å². The molecule has 1 aromatic rings. The predicted molar refractivity (Wildman–Crippen MR) is 95.1 cm³/mol. The van der Waals surface area contributed by atoms with Crippen molar-refractivity contribution in [3.05, 3.63) is 28.0 Å². The van der Waals surface area contributed by atoms with Crippen LogP contribution in [0.4, 0.5) is 10.1 Å². The SMILES string of the molecule is CCN(C1CCN(c2cc(Br)cc(F)c2C(N)=O)CC1)S(C)(=O)=O. The summed E-state index contributed by atoms with van der Waals surface area (Å²) in [6.45, 7) is 3.27. The average molecular weight is 422 g/mol. The molecular formula is C15H21BrFN3O3S. The minimum Gasteiger partial charge on any atom is -0.371 e. The number of hydrogen-bond acceptors (Lipinski definition) is 4. The Hall–Kier alpha value is -1.19. The number of sulfonamides is 1. The van der Waals surface area contributed by atoms with Crippen molar-refractivity contribution in [1.82, 2.24) is 4.31 Å². The second-order valence-electron chi connectivity index (χ2n) is 5.83. The first-order valence-electron chi connectivity index (χ1n) is 7.65. The number of halogens is 2.